The molecule has 0 unspecified atom stereocenters. The summed E-state index contributed by atoms with van der Waals surface area (Å²) in [5.41, 5.74) is 4.30. The van der Waals surface area contributed by atoms with Crippen molar-refractivity contribution in [3.8, 4) is 0 Å². The molecular weight excluding hydrogens is 481 g/mol. The van der Waals surface area contributed by atoms with Crippen molar-refractivity contribution in [2.45, 2.75) is 19.4 Å². The Kier molecular flexibility index (Phi) is 7.89. The first-order chi connectivity index (χ1) is 18.6. The standard InChI is InChI=1S/C30H30FN5O2/c31-28-14-8-7-13-26(28)20-35-21-27(19-32-35)30-29(36(37)38)22-33(17-15-24-9-3-1-4-10-24)23-34(30)18-16-25-11-5-2-6-12-25/h1-14,19,21H,15-18,20,22-23H2. The quantitative estimate of drug-likeness (QED) is 0.220. The third-order valence-corrected chi connectivity index (χ3v) is 6.82. The van der Waals surface area contributed by atoms with Crippen molar-refractivity contribution >= 4 is 5.70 Å². The molecule has 0 saturated heterocycles. The second kappa shape index (κ2) is 11.8. The number of benzene rings is 3. The molecule has 0 radical (unpaired) electrons. The Labute approximate surface area is 221 Å². The summed E-state index contributed by atoms with van der Waals surface area (Å²) in [5.74, 6) is -0.300. The molecule has 1 aromatic heterocycles. The van der Waals surface area contributed by atoms with Gasteiger partial charge in [0.2, 0.25) is 0 Å². The van der Waals surface area contributed by atoms with Crippen LogP contribution in [0, 0.1) is 15.9 Å². The Bertz CT molecular complexity index is 1400. The summed E-state index contributed by atoms with van der Waals surface area (Å²) < 4.78 is 15.8. The minimum absolute atomic E-state index is 0.155. The number of hydrogen-bond acceptors (Lipinski definition) is 5. The van der Waals surface area contributed by atoms with Gasteiger partial charge in [-0.1, -0.05) is 78.9 Å². The van der Waals surface area contributed by atoms with Gasteiger partial charge in [-0.25, -0.2) is 4.39 Å². The summed E-state index contributed by atoms with van der Waals surface area (Å²) in [6.45, 7) is 2.40. The van der Waals surface area contributed by atoms with Gasteiger partial charge >= 0.3 is 0 Å². The van der Waals surface area contributed by atoms with Crippen LogP contribution in [0.1, 0.15) is 22.3 Å². The molecule has 0 fully saturated rings. The average Bonchev–Trinajstić information content (AvgIpc) is 3.41. The molecule has 3 aromatic carbocycles. The van der Waals surface area contributed by atoms with E-state index in [4.69, 9.17) is 0 Å². The lowest BCUT2D eigenvalue weighted by atomic mass is 10.1. The van der Waals surface area contributed by atoms with E-state index < -0.39 is 0 Å². The fraction of sp³-hybridized carbons (Fsp3) is 0.233. The Hall–Kier alpha value is -4.30. The Balaban J connectivity index is 1.42. The number of halogens is 1. The molecule has 5 rings (SSSR count). The number of aromatic nitrogens is 2. The van der Waals surface area contributed by atoms with Crippen LogP contribution in [0.4, 0.5) is 4.39 Å². The van der Waals surface area contributed by atoms with Gasteiger partial charge in [0.15, 0.2) is 0 Å². The van der Waals surface area contributed by atoms with E-state index in [1.54, 1.807) is 35.3 Å². The van der Waals surface area contributed by atoms with Crippen LogP contribution in [0.3, 0.4) is 0 Å². The van der Waals surface area contributed by atoms with Crippen molar-refractivity contribution in [3.63, 3.8) is 0 Å². The van der Waals surface area contributed by atoms with E-state index in [0.29, 0.717) is 36.6 Å². The number of hydrogen-bond donors (Lipinski definition) is 0. The Morgan fingerprint density at radius 1 is 0.868 bits per heavy atom. The van der Waals surface area contributed by atoms with Gasteiger partial charge in [-0.2, -0.15) is 5.10 Å². The summed E-state index contributed by atoms with van der Waals surface area (Å²) in [6, 6.07) is 26.9. The second-order valence-electron chi connectivity index (χ2n) is 9.50. The monoisotopic (exact) mass is 511 g/mol. The van der Waals surface area contributed by atoms with E-state index in [2.05, 4.69) is 39.2 Å². The number of rotatable bonds is 10. The predicted molar refractivity (Wildman–Crippen MR) is 145 cm³/mol. The highest BCUT2D eigenvalue weighted by Crippen LogP contribution is 2.29. The van der Waals surface area contributed by atoms with Crippen molar-refractivity contribution < 1.29 is 9.31 Å². The maximum absolute atomic E-state index is 14.2. The largest absolute Gasteiger partial charge is 0.352 e. The summed E-state index contributed by atoms with van der Waals surface area (Å²) in [6.07, 6.45) is 4.99. The smallest absolute Gasteiger partial charge is 0.283 e. The molecule has 0 bridgehead atoms. The lowest BCUT2D eigenvalue weighted by Gasteiger charge is -2.37. The number of nitrogens with zero attached hydrogens (tertiary/aromatic N) is 5. The molecule has 38 heavy (non-hydrogen) atoms. The molecule has 8 heteroatoms. The van der Waals surface area contributed by atoms with Gasteiger partial charge in [-0.05, 0) is 30.0 Å². The van der Waals surface area contributed by atoms with Crippen LogP contribution in [0.15, 0.2) is 103 Å². The third-order valence-electron chi connectivity index (χ3n) is 6.82. The summed E-state index contributed by atoms with van der Waals surface area (Å²) in [7, 11) is 0. The molecule has 194 valence electrons. The van der Waals surface area contributed by atoms with Gasteiger partial charge in [0.25, 0.3) is 5.70 Å². The first-order valence-electron chi connectivity index (χ1n) is 12.8. The molecule has 0 amide bonds. The molecular formula is C30H30FN5O2. The fourth-order valence-electron chi connectivity index (χ4n) is 4.87. The van der Waals surface area contributed by atoms with Gasteiger partial charge in [0.05, 0.1) is 30.9 Å². The molecule has 0 spiro atoms. The first-order valence-corrected chi connectivity index (χ1v) is 12.8. The van der Waals surface area contributed by atoms with E-state index in [-0.39, 0.29) is 29.5 Å². The van der Waals surface area contributed by atoms with Crippen molar-refractivity contribution in [3.05, 3.63) is 141 Å². The van der Waals surface area contributed by atoms with E-state index in [1.165, 1.54) is 17.2 Å². The molecule has 1 aliphatic heterocycles. The van der Waals surface area contributed by atoms with Gasteiger partial charge in [0, 0.05) is 30.4 Å². The van der Waals surface area contributed by atoms with E-state index in [0.717, 1.165) is 12.8 Å². The molecule has 0 N–H and O–H groups in total. The topological polar surface area (TPSA) is 67.4 Å². The maximum atomic E-state index is 14.2. The van der Waals surface area contributed by atoms with Gasteiger partial charge in [-0.3, -0.25) is 19.7 Å². The molecule has 7 nitrogen and oxygen atoms in total. The van der Waals surface area contributed by atoms with Crippen molar-refractivity contribution in [2.24, 2.45) is 0 Å². The van der Waals surface area contributed by atoms with Crippen LogP contribution in [-0.2, 0) is 19.4 Å². The summed E-state index contributed by atoms with van der Waals surface area (Å²) in [4.78, 5) is 16.3. The van der Waals surface area contributed by atoms with Crippen LogP contribution in [0.2, 0.25) is 0 Å². The lowest BCUT2D eigenvalue weighted by Crippen LogP contribution is -2.46. The van der Waals surface area contributed by atoms with E-state index >= 15 is 0 Å². The molecule has 0 atom stereocenters. The molecule has 1 aliphatic rings. The van der Waals surface area contributed by atoms with Gasteiger partial charge in [-0.15, -0.1) is 0 Å². The fourth-order valence-corrected chi connectivity index (χ4v) is 4.87. The van der Waals surface area contributed by atoms with Crippen molar-refractivity contribution in [1.29, 1.82) is 0 Å². The zero-order valence-electron chi connectivity index (χ0n) is 21.1. The highest BCUT2D eigenvalue weighted by molar-refractivity contribution is 5.66. The summed E-state index contributed by atoms with van der Waals surface area (Å²) >= 11 is 0. The molecule has 4 aromatic rings. The zero-order valence-corrected chi connectivity index (χ0v) is 21.1. The molecule has 0 aliphatic carbocycles. The SMILES string of the molecule is O=[N+]([O-])C1=C(c2cnn(Cc3ccccc3F)c2)N(CCc2ccccc2)CN(CCc2ccccc2)C1. The highest BCUT2D eigenvalue weighted by Gasteiger charge is 2.33. The highest BCUT2D eigenvalue weighted by atomic mass is 19.1. The van der Waals surface area contributed by atoms with Crippen LogP contribution in [0.25, 0.3) is 5.70 Å². The van der Waals surface area contributed by atoms with Gasteiger partial charge in [0.1, 0.15) is 11.5 Å². The van der Waals surface area contributed by atoms with Crippen LogP contribution >= 0.6 is 0 Å². The first kappa shape index (κ1) is 25.4. The van der Waals surface area contributed by atoms with Crippen LogP contribution < -0.4 is 0 Å². The zero-order chi connectivity index (χ0) is 26.3. The van der Waals surface area contributed by atoms with Crippen molar-refractivity contribution in [1.82, 2.24) is 19.6 Å². The average molecular weight is 512 g/mol. The minimum Gasteiger partial charge on any atom is -0.352 e. The number of nitro groups is 1. The van der Waals surface area contributed by atoms with Gasteiger partial charge < -0.3 is 4.90 Å². The maximum Gasteiger partial charge on any atom is 0.283 e. The minimum atomic E-state index is -0.300. The lowest BCUT2D eigenvalue weighted by molar-refractivity contribution is -0.429. The van der Waals surface area contributed by atoms with Crippen LogP contribution in [0.5, 0.6) is 0 Å². The normalized spacial score (nSPS) is 14.2. The third kappa shape index (κ3) is 6.15. The van der Waals surface area contributed by atoms with Crippen molar-refractivity contribution in [2.75, 3.05) is 26.3 Å². The predicted octanol–water partition coefficient (Wildman–Crippen LogP) is 5.08. The molecule has 2 heterocycles. The van der Waals surface area contributed by atoms with E-state index in [1.807, 2.05) is 36.4 Å². The Morgan fingerprint density at radius 3 is 2.16 bits per heavy atom. The van der Waals surface area contributed by atoms with Crippen LogP contribution in [-0.4, -0.2) is 50.8 Å². The summed E-state index contributed by atoms with van der Waals surface area (Å²) in [5, 5.41) is 16.8. The molecule has 0 saturated carbocycles. The second-order valence-corrected chi connectivity index (χ2v) is 9.50. The van der Waals surface area contributed by atoms with E-state index in [9.17, 15) is 14.5 Å². The Morgan fingerprint density at radius 2 is 1.50 bits per heavy atom.